The summed E-state index contributed by atoms with van der Waals surface area (Å²) in [5.41, 5.74) is 10.2. The standard InChI is InChI=1S/C27H37FN4O2/c1-5-6-7-8-9-23-17(2)26(33)18(3)25(31-23)27(29)32-24-11-10-19(12-13-30-24)20-14-21(28)16-22(15-20)34-4/h14-16,19H,5-13H2,1-4H3,(H,31,33)(H2,29,30,32). The van der Waals surface area contributed by atoms with Crippen LogP contribution < -0.4 is 15.9 Å². The molecule has 2 aromatic rings. The lowest BCUT2D eigenvalue weighted by molar-refractivity contribution is 0.409. The van der Waals surface area contributed by atoms with Gasteiger partial charge in [0.2, 0.25) is 0 Å². The first-order valence-corrected chi connectivity index (χ1v) is 12.3. The van der Waals surface area contributed by atoms with Crippen molar-refractivity contribution < 1.29 is 9.13 Å². The Morgan fingerprint density at radius 3 is 2.74 bits per heavy atom. The number of nitrogens with one attached hydrogen (secondary N) is 1. The van der Waals surface area contributed by atoms with Crippen molar-refractivity contribution in [2.75, 3.05) is 13.7 Å². The van der Waals surface area contributed by atoms with E-state index in [1.54, 1.807) is 20.1 Å². The highest BCUT2D eigenvalue weighted by Gasteiger charge is 2.19. The van der Waals surface area contributed by atoms with Crippen LogP contribution in [0, 0.1) is 19.7 Å². The van der Waals surface area contributed by atoms with Gasteiger partial charge in [-0.05, 0) is 63.1 Å². The number of aromatic amines is 1. The van der Waals surface area contributed by atoms with Gasteiger partial charge < -0.3 is 15.5 Å². The number of unbranched alkanes of at least 4 members (excludes halogenated alkanes) is 3. The third-order valence-corrected chi connectivity index (χ3v) is 6.66. The summed E-state index contributed by atoms with van der Waals surface area (Å²) in [6, 6.07) is 4.84. The summed E-state index contributed by atoms with van der Waals surface area (Å²) in [6.07, 6.45) is 7.56. The summed E-state index contributed by atoms with van der Waals surface area (Å²) in [5.74, 6) is 1.33. The Bertz CT molecular complexity index is 1120. The van der Waals surface area contributed by atoms with Crippen molar-refractivity contribution >= 4 is 11.7 Å². The molecule has 3 rings (SSSR count). The van der Waals surface area contributed by atoms with E-state index in [0.29, 0.717) is 35.8 Å². The zero-order valence-corrected chi connectivity index (χ0v) is 20.8. The molecule has 0 saturated heterocycles. The fourth-order valence-corrected chi connectivity index (χ4v) is 4.54. The van der Waals surface area contributed by atoms with Gasteiger partial charge >= 0.3 is 0 Å². The average Bonchev–Trinajstić information content (AvgIpc) is 3.06. The summed E-state index contributed by atoms with van der Waals surface area (Å²) in [4.78, 5) is 25.4. The zero-order valence-electron chi connectivity index (χ0n) is 20.8. The molecule has 1 aliphatic heterocycles. The van der Waals surface area contributed by atoms with Crippen molar-refractivity contribution in [1.29, 1.82) is 0 Å². The topological polar surface area (TPSA) is 92.8 Å². The fraction of sp³-hybridized carbons (Fsp3) is 0.519. The van der Waals surface area contributed by atoms with E-state index in [1.165, 1.54) is 18.9 Å². The molecule has 184 valence electrons. The highest BCUT2D eigenvalue weighted by molar-refractivity contribution is 6.05. The van der Waals surface area contributed by atoms with Gasteiger partial charge in [-0.1, -0.05) is 26.2 Å². The second kappa shape index (κ2) is 12.0. The number of amidine groups is 2. The molecular weight excluding hydrogens is 431 g/mol. The lowest BCUT2D eigenvalue weighted by Crippen LogP contribution is -2.26. The van der Waals surface area contributed by atoms with Crippen LogP contribution in [0.1, 0.15) is 85.9 Å². The van der Waals surface area contributed by atoms with Gasteiger partial charge in [0.05, 0.1) is 12.8 Å². The Morgan fingerprint density at radius 1 is 1.21 bits per heavy atom. The molecule has 3 N–H and O–H groups in total. The number of pyridine rings is 1. The number of rotatable bonds is 8. The number of benzene rings is 1. The number of nitrogens with two attached hydrogens (primary N) is 1. The van der Waals surface area contributed by atoms with Crippen LogP contribution in [-0.2, 0) is 6.42 Å². The summed E-state index contributed by atoms with van der Waals surface area (Å²) in [6.45, 7) is 6.42. The van der Waals surface area contributed by atoms with Crippen LogP contribution in [0.15, 0.2) is 33.0 Å². The third kappa shape index (κ3) is 6.33. The van der Waals surface area contributed by atoms with Gasteiger partial charge in [0, 0.05) is 35.9 Å². The SMILES string of the molecule is CCCCCCc1[nH]c(C(N)=NC2=NCCC(c3cc(F)cc(OC)c3)CC2)c(C)c(=O)c1C. The molecule has 7 heteroatoms. The van der Waals surface area contributed by atoms with Crippen molar-refractivity contribution in [3.8, 4) is 5.75 Å². The maximum Gasteiger partial charge on any atom is 0.188 e. The molecule has 0 spiro atoms. The molecule has 0 aliphatic carbocycles. The Kier molecular flexibility index (Phi) is 9.02. The molecule has 0 fully saturated rings. The maximum atomic E-state index is 14.0. The molecule has 0 saturated carbocycles. The number of hydrogen-bond acceptors (Lipinski definition) is 4. The van der Waals surface area contributed by atoms with Gasteiger partial charge in [-0.15, -0.1) is 0 Å². The predicted octanol–water partition coefficient (Wildman–Crippen LogP) is 5.33. The van der Waals surface area contributed by atoms with E-state index in [0.717, 1.165) is 48.9 Å². The minimum Gasteiger partial charge on any atom is -0.497 e. The molecule has 1 atom stereocenters. The normalized spacial score (nSPS) is 16.8. The molecule has 1 aromatic heterocycles. The molecule has 2 heterocycles. The number of aryl methyl sites for hydroxylation is 1. The minimum atomic E-state index is -0.300. The molecule has 0 radical (unpaired) electrons. The molecule has 1 aliphatic rings. The molecule has 6 nitrogen and oxygen atoms in total. The first kappa shape index (κ1) is 25.7. The Morgan fingerprint density at radius 2 is 2.00 bits per heavy atom. The van der Waals surface area contributed by atoms with Crippen molar-refractivity contribution in [3.63, 3.8) is 0 Å². The van der Waals surface area contributed by atoms with E-state index >= 15 is 0 Å². The molecule has 1 aromatic carbocycles. The maximum absolute atomic E-state index is 14.0. The fourth-order valence-electron chi connectivity index (χ4n) is 4.54. The summed E-state index contributed by atoms with van der Waals surface area (Å²) < 4.78 is 19.2. The van der Waals surface area contributed by atoms with Crippen LogP contribution in [0.5, 0.6) is 5.75 Å². The number of halogens is 1. The first-order valence-electron chi connectivity index (χ1n) is 12.3. The van der Waals surface area contributed by atoms with Crippen LogP contribution in [0.4, 0.5) is 4.39 Å². The monoisotopic (exact) mass is 468 g/mol. The van der Waals surface area contributed by atoms with Crippen molar-refractivity contribution in [1.82, 2.24) is 4.98 Å². The van der Waals surface area contributed by atoms with E-state index < -0.39 is 0 Å². The predicted molar refractivity (Wildman–Crippen MR) is 137 cm³/mol. The highest BCUT2D eigenvalue weighted by Crippen LogP contribution is 2.30. The van der Waals surface area contributed by atoms with Crippen LogP contribution in [0.25, 0.3) is 0 Å². The van der Waals surface area contributed by atoms with Crippen LogP contribution in [0.2, 0.25) is 0 Å². The van der Waals surface area contributed by atoms with Crippen molar-refractivity contribution in [2.24, 2.45) is 15.7 Å². The van der Waals surface area contributed by atoms with Crippen LogP contribution in [-0.4, -0.2) is 30.3 Å². The van der Waals surface area contributed by atoms with Gasteiger partial charge in [0.1, 0.15) is 23.2 Å². The van der Waals surface area contributed by atoms with Crippen molar-refractivity contribution in [2.45, 2.75) is 78.1 Å². The lowest BCUT2D eigenvalue weighted by Gasteiger charge is -2.15. The Labute approximate surface area is 201 Å². The third-order valence-electron chi connectivity index (χ3n) is 6.66. The number of nitrogens with zero attached hydrogens (tertiary/aromatic N) is 2. The van der Waals surface area contributed by atoms with Crippen LogP contribution in [0.3, 0.4) is 0 Å². The highest BCUT2D eigenvalue weighted by atomic mass is 19.1. The number of ether oxygens (including phenoxy) is 1. The molecule has 34 heavy (non-hydrogen) atoms. The number of hydrogen-bond donors (Lipinski definition) is 2. The minimum absolute atomic E-state index is 0.0142. The first-order chi connectivity index (χ1) is 16.3. The lowest BCUT2D eigenvalue weighted by atomic mass is 9.91. The number of aromatic nitrogens is 1. The summed E-state index contributed by atoms with van der Waals surface area (Å²) in [5, 5.41) is 0. The molecule has 0 amide bonds. The van der Waals surface area contributed by atoms with Crippen LogP contribution >= 0.6 is 0 Å². The van der Waals surface area contributed by atoms with E-state index in [-0.39, 0.29) is 23.0 Å². The average molecular weight is 469 g/mol. The summed E-state index contributed by atoms with van der Waals surface area (Å²) >= 11 is 0. The van der Waals surface area contributed by atoms with Gasteiger partial charge in [0.15, 0.2) is 5.43 Å². The van der Waals surface area contributed by atoms with Crippen molar-refractivity contribution in [3.05, 3.63) is 62.3 Å². The Hall–Kier alpha value is -2.96. The number of aliphatic imine (C=N–C) groups is 2. The zero-order chi connectivity index (χ0) is 24.7. The van der Waals surface area contributed by atoms with E-state index in [1.807, 2.05) is 13.0 Å². The second-order valence-corrected chi connectivity index (χ2v) is 9.11. The molecular formula is C27H37FN4O2. The second-order valence-electron chi connectivity index (χ2n) is 9.11. The molecule has 1 unspecified atom stereocenters. The van der Waals surface area contributed by atoms with E-state index in [9.17, 15) is 9.18 Å². The van der Waals surface area contributed by atoms with Gasteiger partial charge in [-0.3, -0.25) is 9.79 Å². The number of methoxy groups -OCH3 is 1. The smallest absolute Gasteiger partial charge is 0.188 e. The quantitative estimate of drug-likeness (QED) is 0.311. The largest absolute Gasteiger partial charge is 0.497 e. The number of H-pyrrole nitrogens is 1. The van der Waals surface area contributed by atoms with Gasteiger partial charge in [-0.25, -0.2) is 9.38 Å². The Balaban J connectivity index is 1.77. The van der Waals surface area contributed by atoms with E-state index in [2.05, 4.69) is 21.9 Å². The summed E-state index contributed by atoms with van der Waals surface area (Å²) in [7, 11) is 1.54. The molecule has 0 bridgehead atoms. The van der Waals surface area contributed by atoms with Gasteiger partial charge in [0.25, 0.3) is 0 Å². The van der Waals surface area contributed by atoms with Gasteiger partial charge in [-0.2, -0.15) is 0 Å². The van der Waals surface area contributed by atoms with E-state index in [4.69, 9.17) is 10.5 Å².